The third kappa shape index (κ3) is 5.15. The van der Waals surface area contributed by atoms with Crippen LogP contribution in [0.15, 0.2) is 84.9 Å². The minimum Gasteiger partial charge on any atom is -0.0683 e. The second kappa shape index (κ2) is 9.91. The highest BCUT2D eigenvalue weighted by Crippen LogP contribution is 1.95. The maximum atomic E-state index is 3.97. The van der Waals surface area contributed by atoms with Crippen molar-refractivity contribution >= 4 is 75.1 Å². The van der Waals surface area contributed by atoms with Crippen molar-refractivity contribution in [3.8, 4) is 0 Å². The van der Waals surface area contributed by atoms with Crippen molar-refractivity contribution in [2.75, 3.05) is 0 Å². The summed E-state index contributed by atoms with van der Waals surface area (Å²) >= 11 is 0. The van der Waals surface area contributed by atoms with Gasteiger partial charge in [0.2, 0.25) is 0 Å². The molecule has 4 aromatic carbocycles. The van der Waals surface area contributed by atoms with Crippen LogP contribution in [0.5, 0.6) is 0 Å². The summed E-state index contributed by atoms with van der Waals surface area (Å²) in [4.78, 5) is 0. The van der Waals surface area contributed by atoms with Gasteiger partial charge in [-0.15, -0.1) is 0 Å². The summed E-state index contributed by atoms with van der Waals surface area (Å²) in [5.41, 5.74) is 4.11. The van der Waals surface area contributed by atoms with E-state index in [1.54, 1.807) is 0 Å². The summed E-state index contributed by atoms with van der Waals surface area (Å²) in [5.74, 6) is 0. The van der Waals surface area contributed by atoms with Gasteiger partial charge in [-0.25, -0.2) is 0 Å². The SMILES string of the molecule is Cc1ccccc1[Si]c1ccc([Si])c([Si]c2ccccc2C)c1[Si]c1ccccc1C. The van der Waals surface area contributed by atoms with E-state index in [1.807, 2.05) is 0 Å². The molecule has 0 aliphatic carbocycles. The van der Waals surface area contributed by atoms with Crippen LogP contribution in [0.1, 0.15) is 16.7 Å². The van der Waals surface area contributed by atoms with Crippen LogP contribution < -0.4 is 36.3 Å². The fraction of sp³-hybridized carbons (Fsp3) is 0.111. The Kier molecular flexibility index (Phi) is 7.02. The minimum atomic E-state index is 0.639. The largest absolute Gasteiger partial charge is 0.121 e. The Bertz CT molecular complexity index is 1210. The zero-order chi connectivity index (χ0) is 21.8. The van der Waals surface area contributed by atoms with E-state index in [-0.39, 0.29) is 0 Å². The molecule has 0 aliphatic heterocycles. The van der Waals surface area contributed by atoms with Gasteiger partial charge in [-0.05, 0) is 20.8 Å². The van der Waals surface area contributed by atoms with Crippen LogP contribution in [-0.4, -0.2) is 38.8 Å². The third-order valence-electron chi connectivity index (χ3n) is 5.43. The number of rotatable bonds is 6. The molecule has 0 fully saturated rings. The first kappa shape index (κ1) is 22.0. The van der Waals surface area contributed by atoms with E-state index < -0.39 is 0 Å². The zero-order valence-corrected chi connectivity index (χ0v) is 22.1. The van der Waals surface area contributed by atoms with Gasteiger partial charge in [0.25, 0.3) is 0 Å². The topological polar surface area (TPSA) is 0 Å². The van der Waals surface area contributed by atoms with E-state index in [1.165, 1.54) is 53.0 Å². The fourth-order valence-electron chi connectivity index (χ4n) is 3.52. The highest BCUT2D eigenvalue weighted by molar-refractivity contribution is 6.86. The standard InChI is InChI=1S/C27H23Si4/c1-18-10-4-7-13-22(18)29-25-17-16-21(28)26(30-23-14-8-5-11-19(23)2)27(25)31-24-15-9-6-12-20(24)3/h4-17H,1-3H3. The van der Waals surface area contributed by atoms with Crippen molar-refractivity contribution < 1.29 is 0 Å². The van der Waals surface area contributed by atoms with Gasteiger partial charge < -0.3 is 0 Å². The van der Waals surface area contributed by atoms with Crippen LogP contribution in [0.3, 0.4) is 0 Å². The number of benzene rings is 4. The molecule has 0 spiro atoms. The van der Waals surface area contributed by atoms with Crippen molar-refractivity contribution in [3.63, 3.8) is 0 Å². The molecule has 4 rings (SSSR count). The number of hydrogen-bond donors (Lipinski definition) is 0. The lowest BCUT2D eigenvalue weighted by molar-refractivity contribution is 1.51. The highest BCUT2D eigenvalue weighted by atomic mass is 28.2. The van der Waals surface area contributed by atoms with Gasteiger partial charge in [0.05, 0.1) is 10.2 Å². The zero-order valence-electron chi connectivity index (χ0n) is 18.1. The maximum Gasteiger partial charge on any atom is 0.121 e. The van der Waals surface area contributed by atoms with Crippen molar-refractivity contribution in [1.29, 1.82) is 0 Å². The highest BCUT2D eigenvalue weighted by Gasteiger charge is 2.17. The summed E-state index contributed by atoms with van der Waals surface area (Å²) in [7, 11) is 5.92. The second-order valence-electron chi connectivity index (χ2n) is 7.73. The normalized spacial score (nSPS) is 11.0. The predicted octanol–water partition coefficient (Wildman–Crippen LogP) is 0.371. The van der Waals surface area contributed by atoms with Crippen LogP contribution in [0.2, 0.25) is 0 Å². The van der Waals surface area contributed by atoms with Crippen LogP contribution >= 0.6 is 0 Å². The summed E-state index contributed by atoms with van der Waals surface area (Å²) in [5, 5.41) is 9.94. The van der Waals surface area contributed by atoms with Crippen molar-refractivity contribution in [2.45, 2.75) is 20.8 Å². The summed E-state index contributed by atoms with van der Waals surface area (Å²) in [6.45, 7) is 6.67. The summed E-state index contributed by atoms with van der Waals surface area (Å²) in [6.07, 6.45) is 0. The Morgan fingerprint density at radius 1 is 0.452 bits per heavy atom. The van der Waals surface area contributed by atoms with Crippen LogP contribution in [-0.2, 0) is 0 Å². The maximum absolute atomic E-state index is 3.97. The Labute approximate surface area is 197 Å². The van der Waals surface area contributed by atoms with Gasteiger partial charge in [-0.3, -0.25) is 0 Å². The van der Waals surface area contributed by atoms with E-state index in [4.69, 9.17) is 0 Å². The predicted molar refractivity (Wildman–Crippen MR) is 140 cm³/mol. The lowest BCUT2D eigenvalue weighted by Gasteiger charge is -2.19. The molecule has 0 bridgehead atoms. The summed E-state index contributed by atoms with van der Waals surface area (Å²) < 4.78 is 0. The van der Waals surface area contributed by atoms with Gasteiger partial charge in [-0.2, -0.15) is 0 Å². The van der Waals surface area contributed by atoms with Crippen LogP contribution in [0.4, 0.5) is 0 Å². The first-order valence-electron chi connectivity index (χ1n) is 10.4. The first-order valence-corrected chi connectivity index (χ1v) is 13.9. The molecule has 0 saturated heterocycles. The molecular weight excluding hydrogens is 437 g/mol. The van der Waals surface area contributed by atoms with Crippen molar-refractivity contribution in [3.05, 3.63) is 102 Å². The quantitative estimate of drug-likeness (QED) is 0.366. The molecule has 4 aromatic rings. The molecule has 9 radical (unpaired) electrons. The van der Waals surface area contributed by atoms with E-state index in [0.717, 1.165) is 0 Å². The second-order valence-corrected chi connectivity index (χ2v) is 12.2. The molecule has 0 aliphatic rings. The molecule has 0 atom stereocenters. The fourth-order valence-corrected chi connectivity index (χ4v) is 8.50. The van der Waals surface area contributed by atoms with Crippen LogP contribution in [0.25, 0.3) is 0 Å². The van der Waals surface area contributed by atoms with Gasteiger partial charge in [0.1, 0.15) is 28.6 Å². The molecule has 4 heteroatoms. The number of hydrogen-bond acceptors (Lipinski definition) is 0. The molecular formula is C27H23Si4. The average molecular weight is 460 g/mol. The molecule has 0 N–H and O–H groups in total. The monoisotopic (exact) mass is 459 g/mol. The Morgan fingerprint density at radius 2 is 0.871 bits per heavy atom. The van der Waals surface area contributed by atoms with Crippen LogP contribution in [0, 0.1) is 20.8 Å². The molecule has 0 unspecified atom stereocenters. The lowest BCUT2D eigenvalue weighted by atomic mass is 10.2. The minimum absolute atomic E-state index is 0.639. The van der Waals surface area contributed by atoms with E-state index >= 15 is 0 Å². The Balaban J connectivity index is 1.83. The van der Waals surface area contributed by atoms with E-state index in [2.05, 4.69) is 116 Å². The Hall–Kier alpha value is -2.25. The van der Waals surface area contributed by atoms with Crippen molar-refractivity contribution in [1.82, 2.24) is 0 Å². The molecule has 0 aromatic heterocycles. The summed E-state index contributed by atoms with van der Waals surface area (Å²) in [6, 6.07) is 31.0. The molecule has 0 heterocycles. The molecule has 0 amide bonds. The van der Waals surface area contributed by atoms with E-state index in [0.29, 0.717) is 28.6 Å². The molecule has 31 heavy (non-hydrogen) atoms. The number of aryl methyl sites for hydroxylation is 3. The van der Waals surface area contributed by atoms with Gasteiger partial charge >= 0.3 is 0 Å². The Morgan fingerprint density at radius 3 is 1.35 bits per heavy atom. The van der Waals surface area contributed by atoms with E-state index in [9.17, 15) is 0 Å². The smallest absolute Gasteiger partial charge is 0.0683 e. The average Bonchev–Trinajstić information content (AvgIpc) is 2.76. The van der Waals surface area contributed by atoms with Gasteiger partial charge in [0, 0.05) is 0 Å². The van der Waals surface area contributed by atoms with Crippen molar-refractivity contribution in [2.24, 2.45) is 0 Å². The van der Waals surface area contributed by atoms with Gasteiger partial charge in [-0.1, -0.05) is 138 Å². The molecule has 0 saturated carbocycles. The molecule has 0 nitrogen and oxygen atoms in total. The third-order valence-corrected chi connectivity index (χ3v) is 11.3. The molecule has 147 valence electrons. The van der Waals surface area contributed by atoms with Gasteiger partial charge in [0.15, 0.2) is 0 Å². The first-order chi connectivity index (χ1) is 15.0. The lowest BCUT2D eigenvalue weighted by Crippen LogP contribution is -2.60.